The predicted octanol–water partition coefficient (Wildman–Crippen LogP) is 2.12. The van der Waals surface area contributed by atoms with Gasteiger partial charge >= 0.3 is 0 Å². The maximum Gasteiger partial charge on any atom is 0.252 e. The van der Waals surface area contributed by atoms with Gasteiger partial charge in [-0.25, -0.2) is 0 Å². The van der Waals surface area contributed by atoms with E-state index in [1.165, 1.54) is 5.56 Å². The van der Waals surface area contributed by atoms with Crippen LogP contribution < -0.4 is 5.32 Å². The molecule has 1 N–H and O–H groups in total. The van der Waals surface area contributed by atoms with Crippen LogP contribution in [-0.4, -0.2) is 17.4 Å². The van der Waals surface area contributed by atoms with E-state index in [9.17, 15) is 4.79 Å². The molecule has 0 aliphatic carbocycles. The molecule has 4 heteroatoms. The highest BCUT2D eigenvalue weighted by Crippen LogP contribution is 2.05. The summed E-state index contributed by atoms with van der Waals surface area (Å²) in [6, 6.07) is 5.58. The van der Waals surface area contributed by atoms with Crippen molar-refractivity contribution in [3.05, 3.63) is 52.5 Å². The van der Waals surface area contributed by atoms with Crippen LogP contribution in [0.25, 0.3) is 0 Å². The number of nitrogens with zero attached hydrogens (tertiary/aromatic N) is 1. The minimum Gasteiger partial charge on any atom is -0.352 e. The van der Waals surface area contributed by atoms with Crippen molar-refractivity contribution in [2.24, 2.45) is 0 Å². The first-order valence-corrected chi connectivity index (χ1v) is 6.00. The summed E-state index contributed by atoms with van der Waals surface area (Å²) in [6.45, 7) is 0.657. The summed E-state index contributed by atoms with van der Waals surface area (Å²) in [5, 5.41) is 7.00. The fourth-order valence-electron chi connectivity index (χ4n) is 1.35. The van der Waals surface area contributed by atoms with E-state index in [0.29, 0.717) is 12.1 Å². The average molecular weight is 232 g/mol. The number of carbonyl (C=O) groups excluding carboxylic acids is 1. The van der Waals surface area contributed by atoms with E-state index in [2.05, 4.69) is 21.7 Å². The van der Waals surface area contributed by atoms with Gasteiger partial charge < -0.3 is 5.32 Å². The highest BCUT2D eigenvalue weighted by Gasteiger charge is 2.03. The molecule has 0 spiro atoms. The lowest BCUT2D eigenvalue weighted by molar-refractivity contribution is 0.0954. The molecular weight excluding hydrogens is 220 g/mol. The first kappa shape index (κ1) is 10.8. The summed E-state index contributed by atoms with van der Waals surface area (Å²) in [4.78, 5) is 15.5. The van der Waals surface area contributed by atoms with Crippen LogP contribution in [0, 0.1) is 0 Å². The summed E-state index contributed by atoms with van der Waals surface area (Å²) < 4.78 is 0. The van der Waals surface area contributed by atoms with Crippen LogP contribution in [0.1, 0.15) is 15.9 Å². The number of aromatic nitrogens is 1. The number of thiophene rings is 1. The Labute approximate surface area is 98.2 Å². The van der Waals surface area contributed by atoms with E-state index in [1.807, 2.05) is 5.38 Å². The van der Waals surface area contributed by atoms with Gasteiger partial charge in [0.1, 0.15) is 0 Å². The van der Waals surface area contributed by atoms with Crippen molar-refractivity contribution < 1.29 is 4.79 Å². The van der Waals surface area contributed by atoms with E-state index in [1.54, 1.807) is 35.9 Å². The molecule has 0 atom stereocenters. The predicted molar refractivity (Wildman–Crippen MR) is 64.6 cm³/mol. The molecule has 2 rings (SSSR count). The molecule has 0 aromatic carbocycles. The fraction of sp³-hybridized carbons (Fsp3) is 0.167. The van der Waals surface area contributed by atoms with Crippen LogP contribution in [0.5, 0.6) is 0 Å². The van der Waals surface area contributed by atoms with Crippen molar-refractivity contribution in [1.29, 1.82) is 0 Å². The Kier molecular flexibility index (Phi) is 3.66. The highest BCUT2D eigenvalue weighted by molar-refractivity contribution is 7.07. The molecule has 3 nitrogen and oxygen atoms in total. The third-order valence-electron chi connectivity index (χ3n) is 2.20. The third-order valence-corrected chi connectivity index (χ3v) is 2.94. The molecule has 0 saturated carbocycles. The second-order valence-corrected chi connectivity index (χ2v) is 4.16. The molecule has 16 heavy (non-hydrogen) atoms. The molecular formula is C12H12N2OS. The minimum atomic E-state index is -0.0664. The van der Waals surface area contributed by atoms with Gasteiger partial charge in [-0.15, -0.1) is 0 Å². The molecule has 0 saturated heterocycles. The zero-order valence-corrected chi connectivity index (χ0v) is 9.54. The number of pyridine rings is 1. The van der Waals surface area contributed by atoms with E-state index >= 15 is 0 Å². The zero-order valence-electron chi connectivity index (χ0n) is 8.72. The molecule has 0 fully saturated rings. The summed E-state index contributed by atoms with van der Waals surface area (Å²) in [7, 11) is 0. The summed E-state index contributed by atoms with van der Waals surface area (Å²) in [5.41, 5.74) is 1.87. The van der Waals surface area contributed by atoms with Gasteiger partial charge in [-0.05, 0) is 40.9 Å². The summed E-state index contributed by atoms with van der Waals surface area (Å²) in [5.74, 6) is -0.0664. The molecule has 2 aromatic heterocycles. The average Bonchev–Trinajstić information content (AvgIpc) is 2.83. The number of rotatable bonds is 4. The molecule has 0 unspecified atom stereocenters. The van der Waals surface area contributed by atoms with Gasteiger partial charge in [0.05, 0.1) is 5.56 Å². The van der Waals surface area contributed by atoms with Crippen molar-refractivity contribution in [3.8, 4) is 0 Å². The van der Waals surface area contributed by atoms with E-state index in [-0.39, 0.29) is 5.91 Å². The van der Waals surface area contributed by atoms with Crippen molar-refractivity contribution in [1.82, 2.24) is 10.3 Å². The fourth-order valence-corrected chi connectivity index (χ4v) is 2.06. The Hall–Kier alpha value is -1.68. The van der Waals surface area contributed by atoms with Crippen molar-refractivity contribution in [3.63, 3.8) is 0 Å². The lowest BCUT2D eigenvalue weighted by Gasteiger charge is -2.03. The monoisotopic (exact) mass is 232 g/mol. The Morgan fingerprint density at radius 2 is 2.38 bits per heavy atom. The van der Waals surface area contributed by atoms with E-state index < -0.39 is 0 Å². The Morgan fingerprint density at radius 3 is 3.06 bits per heavy atom. The number of hydrogen-bond acceptors (Lipinski definition) is 3. The second kappa shape index (κ2) is 5.42. The van der Waals surface area contributed by atoms with Crippen LogP contribution in [0.3, 0.4) is 0 Å². The van der Waals surface area contributed by atoms with Crippen molar-refractivity contribution in [2.75, 3.05) is 6.54 Å². The number of hydrogen-bond donors (Lipinski definition) is 1. The van der Waals surface area contributed by atoms with Crippen LogP contribution in [0.15, 0.2) is 41.4 Å². The number of carbonyl (C=O) groups is 1. The normalized spacial score (nSPS) is 10.0. The minimum absolute atomic E-state index is 0.0664. The van der Waals surface area contributed by atoms with E-state index in [4.69, 9.17) is 0 Å². The van der Waals surface area contributed by atoms with Gasteiger partial charge in [0, 0.05) is 18.9 Å². The second-order valence-electron chi connectivity index (χ2n) is 3.38. The van der Waals surface area contributed by atoms with Crippen LogP contribution in [0.4, 0.5) is 0 Å². The quantitative estimate of drug-likeness (QED) is 0.877. The molecule has 0 radical (unpaired) electrons. The molecule has 2 heterocycles. The van der Waals surface area contributed by atoms with Gasteiger partial charge in [-0.1, -0.05) is 0 Å². The smallest absolute Gasteiger partial charge is 0.252 e. The SMILES string of the molecule is O=C(NCCc1ccsc1)c1cccnc1. The lowest BCUT2D eigenvalue weighted by atomic mass is 10.2. The van der Waals surface area contributed by atoms with Gasteiger partial charge in [0.25, 0.3) is 5.91 Å². The third kappa shape index (κ3) is 2.90. The largest absolute Gasteiger partial charge is 0.352 e. The van der Waals surface area contributed by atoms with Gasteiger partial charge in [0.2, 0.25) is 0 Å². The van der Waals surface area contributed by atoms with Crippen LogP contribution >= 0.6 is 11.3 Å². The first-order chi connectivity index (χ1) is 7.86. The molecule has 0 bridgehead atoms. The van der Waals surface area contributed by atoms with Crippen LogP contribution in [0.2, 0.25) is 0 Å². The molecule has 0 aliphatic rings. The van der Waals surface area contributed by atoms with Gasteiger partial charge in [-0.2, -0.15) is 11.3 Å². The van der Waals surface area contributed by atoms with Gasteiger partial charge in [-0.3, -0.25) is 9.78 Å². The number of amides is 1. The molecule has 2 aromatic rings. The maximum absolute atomic E-state index is 11.6. The lowest BCUT2D eigenvalue weighted by Crippen LogP contribution is -2.25. The Balaban J connectivity index is 1.81. The molecule has 0 aliphatic heterocycles. The molecule has 82 valence electrons. The highest BCUT2D eigenvalue weighted by atomic mass is 32.1. The van der Waals surface area contributed by atoms with Crippen molar-refractivity contribution in [2.45, 2.75) is 6.42 Å². The Bertz CT molecular complexity index is 439. The zero-order chi connectivity index (χ0) is 11.2. The van der Waals surface area contributed by atoms with Crippen LogP contribution in [-0.2, 0) is 6.42 Å². The standard InChI is InChI=1S/C12H12N2OS/c15-12(11-2-1-5-13-8-11)14-6-3-10-4-7-16-9-10/h1-2,4-5,7-9H,3,6H2,(H,14,15). The first-order valence-electron chi connectivity index (χ1n) is 5.05. The molecule has 1 amide bonds. The summed E-state index contributed by atoms with van der Waals surface area (Å²) in [6.07, 6.45) is 4.09. The van der Waals surface area contributed by atoms with E-state index in [0.717, 1.165) is 6.42 Å². The summed E-state index contributed by atoms with van der Waals surface area (Å²) >= 11 is 1.67. The van der Waals surface area contributed by atoms with Gasteiger partial charge in [0.15, 0.2) is 0 Å². The number of nitrogens with one attached hydrogen (secondary N) is 1. The van der Waals surface area contributed by atoms with Crippen molar-refractivity contribution >= 4 is 17.2 Å². The topological polar surface area (TPSA) is 42.0 Å². The maximum atomic E-state index is 11.6. The Morgan fingerprint density at radius 1 is 1.44 bits per heavy atom.